The topological polar surface area (TPSA) is 95.1 Å². The first kappa shape index (κ1) is 16.0. The minimum atomic E-state index is -2.98. The first-order chi connectivity index (χ1) is 10.6. The maximum absolute atomic E-state index is 12.0. The molecule has 2 aliphatic rings. The molecule has 2 aliphatic heterocycles. The van der Waals surface area contributed by atoms with E-state index >= 15 is 0 Å². The van der Waals surface area contributed by atoms with Gasteiger partial charge in [0.2, 0.25) is 0 Å². The summed E-state index contributed by atoms with van der Waals surface area (Å²) in [7, 11) is -5.96. The SMILES string of the molecule is O=P1(CNc2ccc(NCP3(=O)OCCO3)cc2)OCCO1. The van der Waals surface area contributed by atoms with Crippen LogP contribution in [0.15, 0.2) is 24.3 Å². The van der Waals surface area contributed by atoms with Gasteiger partial charge in [0.1, 0.15) is 12.6 Å². The van der Waals surface area contributed by atoms with E-state index in [4.69, 9.17) is 18.1 Å². The molecule has 8 nitrogen and oxygen atoms in total. The third-order valence-electron chi connectivity index (χ3n) is 3.16. The molecular weight excluding hydrogens is 330 g/mol. The third-order valence-corrected chi connectivity index (χ3v) is 6.55. The predicted octanol–water partition coefficient (Wildman–Crippen LogP) is 2.91. The zero-order valence-electron chi connectivity index (χ0n) is 11.9. The minimum absolute atomic E-state index is 0.136. The lowest BCUT2D eigenvalue weighted by Gasteiger charge is -2.13. The molecule has 2 fully saturated rings. The number of benzene rings is 1. The number of hydrogen-bond donors (Lipinski definition) is 2. The van der Waals surface area contributed by atoms with Gasteiger partial charge in [-0.3, -0.25) is 9.13 Å². The number of nitrogens with one attached hydrogen (secondary N) is 2. The second-order valence-corrected chi connectivity index (χ2v) is 8.91. The quantitative estimate of drug-likeness (QED) is 0.758. The monoisotopic (exact) mass is 348 g/mol. The molecule has 122 valence electrons. The van der Waals surface area contributed by atoms with E-state index in [0.29, 0.717) is 26.4 Å². The van der Waals surface area contributed by atoms with Crippen molar-refractivity contribution in [3.8, 4) is 0 Å². The molecule has 1 aromatic rings. The van der Waals surface area contributed by atoms with Crippen LogP contribution in [0.25, 0.3) is 0 Å². The third kappa shape index (κ3) is 4.10. The van der Waals surface area contributed by atoms with Gasteiger partial charge >= 0.3 is 15.2 Å². The fourth-order valence-electron chi connectivity index (χ4n) is 2.04. The molecule has 22 heavy (non-hydrogen) atoms. The summed E-state index contributed by atoms with van der Waals surface area (Å²) < 4.78 is 44.3. The molecule has 0 spiro atoms. The van der Waals surface area contributed by atoms with Crippen LogP contribution in [0.4, 0.5) is 11.4 Å². The Hall–Kier alpha value is -0.880. The molecule has 0 atom stereocenters. The largest absolute Gasteiger partial charge is 0.374 e. The second-order valence-electron chi connectivity index (χ2n) is 4.80. The Morgan fingerprint density at radius 1 is 0.727 bits per heavy atom. The highest BCUT2D eigenvalue weighted by Crippen LogP contribution is 2.52. The van der Waals surface area contributed by atoms with E-state index in [-0.39, 0.29) is 12.6 Å². The minimum Gasteiger partial charge on any atom is -0.374 e. The van der Waals surface area contributed by atoms with Gasteiger partial charge in [-0.25, -0.2) is 0 Å². The van der Waals surface area contributed by atoms with Crippen molar-refractivity contribution in [1.29, 1.82) is 0 Å². The molecule has 0 saturated carbocycles. The van der Waals surface area contributed by atoms with Crippen LogP contribution in [0.2, 0.25) is 0 Å². The number of hydrogen-bond acceptors (Lipinski definition) is 8. The van der Waals surface area contributed by atoms with Gasteiger partial charge < -0.3 is 28.7 Å². The van der Waals surface area contributed by atoms with Crippen molar-refractivity contribution in [2.45, 2.75) is 0 Å². The van der Waals surface area contributed by atoms with E-state index in [2.05, 4.69) is 10.6 Å². The molecule has 2 saturated heterocycles. The molecule has 0 aliphatic carbocycles. The molecule has 2 N–H and O–H groups in total. The summed E-state index contributed by atoms with van der Waals surface area (Å²) in [6, 6.07) is 7.27. The number of rotatable bonds is 6. The van der Waals surface area contributed by atoms with Crippen molar-refractivity contribution in [3.05, 3.63) is 24.3 Å². The summed E-state index contributed by atoms with van der Waals surface area (Å²) in [5.41, 5.74) is 1.58. The van der Waals surface area contributed by atoms with Gasteiger partial charge in [-0.15, -0.1) is 0 Å². The first-order valence-electron chi connectivity index (χ1n) is 6.91. The van der Waals surface area contributed by atoms with E-state index in [1.807, 2.05) is 24.3 Å². The second kappa shape index (κ2) is 6.71. The molecule has 0 radical (unpaired) electrons. The van der Waals surface area contributed by atoms with E-state index in [1.54, 1.807) is 0 Å². The van der Waals surface area contributed by atoms with E-state index in [1.165, 1.54) is 0 Å². The molecule has 0 unspecified atom stereocenters. The van der Waals surface area contributed by atoms with Crippen molar-refractivity contribution in [2.75, 3.05) is 49.6 Å². The normalized spacial score (nSPS) is 22.5. The molecule has 10 heteroatoms. The Balaban J connectivity index is 1.49. The smallest absolute Gasteiger partial charge is 0.349 e. The Bertz CT molecular complexity index is 535. The summed E-state index contributed by atoms with van der Waals surface area (Å²) >= 11 is 0. The fourth-order valence-corrected chi connectivity index (χ4v) is 4.72. The summed E-state index contributed by atoms with van der Waals surface area (Å²) in [5, 5.41) is 6.03. The standard InChI is InChI=1S/C12H18N2O6P2/c15-21(17-5-6-18-21)9-13-11-1-2-12(4-3-11)14-10-22(16)19-7-8-20-22/h1-4,13-14H,5-10H2. The highest BCUT2D eigenvalue weighted by Gasteiger charge is 2.30. The summed E-state index contributed by atoms with van der Waals surface area (Å²) in [4.78, 5) is 0. The van der Waals surface area contributed by atoms with Gasteiger partial charge in [-0.05, 0) is 24.3 Å². The van der Waals surface area contributed by atoms with Gasteiger partial charge in [0.25, 0.3) is 0 Å². The molecular formula is C12H18N2O6P2. The average molecular weight is 348 g/mol. The lowest BCUT2D eigenvalue weighted by molar-refractivity contribution is 0.353. The van der Waals surface area contributed by atoms with Gasteiger partial charge in [-0.1, -0.05) is 0 Å². The highest BCUT2D eigenvalue weighted by atomic mass is 31.2. The van der Waals surface area contributed by atoms with E-state index < -0.39 is 15.2 Å². The zero-order chi connectivity index (χ0) is 15.5. The molecule has 2 heterocycles. The van der Waals surface area contributed by atoms with Gasteiger partial charge in [-0.2, -0.15) is 0 Å². The predicted molar refractivity (Wildman–Crippen MR) is 82.4 cm³/mol. The first-order valence-corrected chi connectivity index (χ1v) is 10.4. The van der Waals surface area contributed by atoms with Crippen molar-refractivity contribution in [3.63, 3.8) is 0 Å². The van der Waals surface area contributed by atoms with Crippen LogP contribution < -0.4 is 10.6 Å². The van der Waals surface area contributed by atoms with Gasteiger partial charge in [0.05, 0.1) is 26.4 Å². The number of anilines is 2. The Morgan fingerprint density at radius 2 is 1.05 bits per heavy atom. The summed E-state index contributed by atoms with van der Waals surface area (Å²) in [6.45, 7) is 1.47. The highest BCUT2D eigenvalue weighted by molar-refractivity contribution is 7.54. The lowest BCUT2D eigenvalue weighted by Crippen LogP contribution is -2.04. The Kier molecular flexibility index (Phi) is 4.88. The van der Waals surface area contributed by atoms with Crippen LogP contribution in [-0.2, 0) is 27.2 Å². The summed E-state index contributed by atoms with van der Waals surface area (Å²) in [6.07, 6.45) is 0.271. The van der Waals surface area contributed by atoms with E-state index in [0.717, 1.165) is 11.4 Å². The van der Waals surface area contributed by atoms with Crippen LogP contribution in [0, 0.1) is 0 Å². The average Bonchev–Trinajstić information content (AvgIpc) is 3.14. The molecule has 1 aromatic carbocycles. The van der Waals surface area contributed by atoms with Crippen LogP contribution in [0.3, 0.4) is 0 Å². The van der Waals surface area contributed by atoms with Crippen molar-refractivity contribution < 1.29 is 27.2 Å². The Labute approximate surface area is 128 Å². The van der Waals surface area contributed by atoms with Crippen molar-refractivity contribution in [2.24, 2.45) is 0 Å². The molecule has 0 aromatic heterocycles. The van der Waals surface area contributed by atoms with Gasteiger partial charge in [0.15, 0.2) is 0 Å². The van der Waals surface area contributed by atoms with E-state index in [9.17, 15) is 9.13 Å². The van der Waals surface area contributed by atoms with Crippen LogP contribution >= 0.6 is 15.2 Å². The lowest BCUT2D eigenvalue weighted by atomic mass is 10.3. The Morgan fingerprint density at radius 3 is 1.36 bits per heavy atom. The molecule has 0 amide bonds. The van der Waals surface area contributed by atoms with Crippen LogP contribution in [0.1, 0.15) is 0 Å². The zero-order valence-corrected chi connectivity index (χ0v) is 13.7. The van der Waals surface area contributed by atoms with Crippen LogP contribution in [-0.4, -0.2) is 39.0 Å². The fraction of sp³-hybridized carbons (Fsp3) is 0.500. The summed E-state index contributed by atoms with van der Waals surface area (Å²) in [5.74, 6) is 0. The van der Waals surface area contributed by atoms with Crippen molar-refractivity contribution >= 4 is 26.6 Å². The maximum atomic E-state index is 12.0. The van der Waals surface area contributed by atoms with Crippen LogP contribution in [0.5, 0.6) is 0 Å². The van der Waals surface area contributed by atoms with Crippen molar-refractivity contribution in [1.82, 2.24) is 0 Å². The maximum Gasteiger partial charge on any atom is 0.349 e. The van der Waals surface area contributed by atoms with Gasteiger partial charge in [0, 0.05) is 11.4 Å². The molecule has 3 rings (SSSR count). The molecule has 0 bridgehead atoms.